The molecule has 0 bridgehead atoms. The Kier molecular flexibility index (Phi) is 8.40. The molecule has 176 valence electrons. The van der Waals surface area contributed by atoms with E-state index in [9.17, 15) is 14.4 Å². The molecule has 33 heavy (non-hydrogen) atoms. The number of hydroxylamine groups is 2. The van der Waals surface area contributed by atoms with E-state index in [0.29, 0.717) is 18.1 Å². The maximum atomic E-state index is 12.0. The number of anilines is 1. The third kappa shape index (κ3) is 5.88. The molecule has 1 aliphatic heterocycles. The summed E-state index contributed by atoms with van der Waals surface area (Å²) >= 11 is 0. The van der Waals surface area contributed by atoms with Crippen LogP contribution in [-0.4, -0.2) is 53.3 Å². The zero-order valence-corrected chi connectivity index (χ0v) is 19.5. The number of ether oxygens (including phenoxy) is 1. The van der Waals surface area contributed by atoms with Gasteiger partial charge in [-0.3, -0.25) is 9.59 Å². The molecule has 0 saturated carbocycles. The van der Waals surface area contributed by atoms with E-state index < -0.39 is 17.8 Å². The first-order valence-electron chi connectivity index (χ1n) is 11.4. The van der Waals surface area contributed by atoms with Gasteiger partial charge in [0.1, 0.15) is 18.0 Å². The molecule has 1 unspecified atom stereocenters. The van der Waals surface area contributed by atoms with Gasteiger partial charge in [-0.2, -0.15) is 4.58 Å². The summed E-state index contributed by atoms with van der Waals surface area (Å²) in [6, 6.07) is 8.21. The quantitative estimate of drug-likeness (QED) is 0.329. The lowest BCUT2D eigenvalue weighted by molar-refractivity contribution is -0.441. The molecule has 3 rings (SSSR count). The van der Waals surface area contributed by atoms with E-state index in [-0.39, 0.29) is 25.2 Å². The van der Waals surface area contributed by atoms with Gasteiger partial charge in [0.15, 0.2) is 5.71 Å². The normalized spacial score (nSPS) is 19.4. The molecule has 1 aliphatic carbocycles. The standard InChI is InChI=1S/C25H32N3O5/c1-4-16-27(21-10-6-5-9-19(21)26-3)20-11-7-12-22(18(20)2)32-17-8-13-25(31)33-28-23(29)14-15-24(28)30/h5-7,9-12,18,26H,4,8,13-17H2,1-3H3/q+1/b27-20-. The Morgan fingerprint density at radius 3 is 2.64 bits per heavy atom. The average molecular weight is 455 g/mol. The number of imide groups is 1. The van der Waals surface area contributed by atoms with Crippen LogP contribution in [0.4, 0.5) is 11.4 Å². The number of nitrogens with one attached hydrogen (secondary N) is 1. The number of benzene rings is 1. The van der Waals surface area contributed by atoms with E-state index in [1.54, 1.807) is 0 Å². The Labute approximate surface area is 194 Å². The highest BCUT2D eigenvalue weighted by Crippen LogP contribution is 2.28. The average Bonchev–Trinajstić information content (AvgIpc) is 3.13. The second-order valence-corrected chi connectivity index (χ2v) is 7.99. The number of hydrogen-bond donors (Lipinski definition) is 1. The number of amides is 2. The molecule has 1 fully saturated rings. The van der Waals surface area contributed by atoms with Gasteiger partial charge in [0, 0.05) is 38.5 Å². The van der Waals surface area contributed by atoms with Crippen LogP contribution in [0.2, 0.25) is 0 Å². The fourth-order valence-electron chi connectivity index (χ4n) is 3.92. The van der Waals surface area contributed by atoms with Crippen molar-refractivity contribution in [3.05, 3.63) is 48.3 Å². The summed E-state index contributed by atoms with van der Waals surface area (Å²) in [5.74, 6) is -0.695. The summed E-state index contributed by atoms with van der Waals surface area (Å²) in [4.78, 5) is 40.0. The van der Waals surface area contributed by atoms with E-state index in [1.807, 2.05) is 31.3 Å². The van der Waals surface area contributed by atoms with Gasteiger partial charge in [0.05, 0.1) is 18.9 Å². The lowest BCUT2D eigenvalue weighted by Gasteiger charge is -2.20. The predicted octanol–water partition coefficient (Wildman–Crippen LogP) is 3.72. The first-order chi connectivity index (χ1) is 16.0. The fraction of sp³-hybridized carbons (Fsp3) is 0.440. The third-order valence-corrected chi connectivity index (χ3v) is 5.61. The summed E-state index contributed by atoms with van der Waals surface area (Å²) in [6.07, 6.45) is 7.68. The Morgan fingerprint density at radius 2 is 1.94 bits per heavy atom. The highest BCUT2D eigenvalue weighted by Gasteiger charge is 2.33. The topological polar surface area (TPSA) is 88.0 Å². The van der Waals surface area contributed by atoms with Crippen LogP contribution >= 0.6 is 0 Å². The van der Waals surface area contributed by atoms with Crippen molar-refractivity contribution >= 4 is 34.9 Å². The Balaban J connectivity index is 1.60. The molecule has 1 N–H and O–H groups in total. The lowest BCUT2D eigenvalue weighted by atomic mass is 9.97. The number of allylic oxidation sites excluding steroid dienone is 4. The summed E-state index contributed by atoms with van der Waals surface area (Å²) in [5, 5.41) is 3.84. The highest BCUT2D eigenvalue weighted by molar-refractivity contribution is 6.01. The van der Waals surface area contributed by atoms with Crippen molar-refractivity contribution in [2.45, 2.75) is 46.0 Å². The van der Waals surface area contributed by atoms with Crippen LogP contribution in [0, 0.1) is 5.92 Å². The molecule has 0 radical (unpaired) electrons. The van der Waals surface area contributed by atoms with E-state index in [2.05, 4.69) is 41.9 Å². The van der Waals surface area contributed by atoms with Gasteiger partial charge in [0.25, 0.3) is 11.8 Å². The molecule has 1 saturated heterocycles. The number of carbonyl (C=O) groups is 3. The molecule has 8 nitrogen and oxygen atoms in total. The lowest BCUT2D eigenvalue weighted by Crippen LogP contribution is -2.32. The molecule has 1 aromatic carbocycles. The van der Waals surface area contributed by atoms with Crippen LogP contribution in [-0.2, 0) is 24.0 Å². The maximum Gasteiger partial charge on any atom is 0.333 e. The largest absolute Gasteiger partial charge is 0.497 e. The Morgan fingerprint density at radius 1 is 1.21 bits per heavy atom. The van der Waals surface area contributed by atoms with Gasteiger partial charge >= 0.3 is 5.97 Å². The summed E-state index contributed by atoms with van der Waals surface area (Å²) in [5.41, 5.74) is 3.32. The Bertz CT molecular complexity index is 980. The van der Waals surface area contributed by atoms with E-state index >= 15 is 0 Å². The minimum Gasteiger partial charge on any atom is -0.497 e. The monoisotopic (exact) mass is 454 g/mol. The molecule has 1 atom stereocenters. The number of rotatable bonds is 10. The smallest absolute Gasteiger partial charge is 0.333 e. The minimum absolute atomic E-state index is 0.0401. The van der Waals surface area contributed by atoms with Crippen LogP contribution < -0.4 is 5.32 Å². The summed E-state index contributed by atoms with van der Waals surface area (Å²) in [6.45, 7) is 5.46. The first-order valence-corrected chi connectivity index (χ1v) is 11.4. The van der Waals surface area contributed by atoms with E-state index in [0.717, 1.165) is 35.8 Å². The van der Waals surface area contributed by atoms with Crippen molar-refractivity contribution in [2.75, 3.05) is 25.5 Å². The molecule has 0 spiro atoms. The number of nitrogens with zero attached hydrogens (tertiary/aromatic N) is 2. The van der Waals surface area contributed by atoms with Crippen LogP contribution in [0.15, 0.2) is 48.3 Å². The second kappa shape index (κ2) is 11.4. The molecular formula is C25H32N3O5+. The zero-order valence-electron chi connectivity index (χ0n) is 19.5. The minimum atomic E-state index is -0.613. The zero-order chi connectivity index (χ0) is 23.8. The molecule has 2 aliphatic rings. The van der Waals surface area contributed by atoms with Gasteiger partial charge in [-0.15, -0.1) is 5.06 Å². The van der Waals surface area contributed by atoms with Crippen LogP contribution in [0.1, 0.15) is 46.0 Å². The fourth-order valence-corrected chi connectivity index (χ4v) is 3.92. The number of carbonyl (C=O) groups excluding carboxylic acids is 3. The number of hydrogen-bond acceptors (Lipinski definition) is 6. The predicted molar refractivity (Wildman–Crippen MR) is 125 cm³/mol. The number of para-hydroxylation sites is 2. The van der Waals surface area contributed by atoms with Crippen molar-refractivity contribution in [1.29, 1.82) is 0 Å². The molecule has 0 aromatic heterocycles. The van der Waals surface area contributed by atoms with Gasteiger partial charge in [-0.25, -0.2) is 4.79 Å². The molecule has 8 heteroatoms. The van der Waals surface area contributed by atoms with Crippen LogP contribution in [0.5, 0.6) is 0 Å². The molecule has 1 heterocycles. The summed E-state index contributed by atoms with van der Waals surface area (Å²) < 4.78 is 8.31. The van der Waals surface area contributed by atoms with Gasteiger partial charge in [-0.1, -0.05) is 25.1 Å². The van der Waals surface area contributed by atoms with Crippen molar-refractivity contribution in [3.8, 4) is 0 Å². The van der Waals surface area contributed by atoms with Crippen molar-refractivity contribution in [3.63, 3.8) is 0 Å². The molecular weight excluding hydrogens is 422 g/mol. The van der Waals surface area contributed by atoms with Crippen molar-refractivity contribution in [1.82, 2.24) is 5.06 Å². The maximum absolute atomic E-state index is 12.0. The second-order valence-electron chi connectivity index (χ2n) is 7.99. The van der Waals surface area contributed by atoms with E-state index in [1.165, 1.54) is 0 Å². The van der Waals surface area contributed by atoms with Crippen LogP contribution in [0.3, 0.4) is 0 Å². The van der Waals surface area contributed by atoms with Crippen LogP contribution in [0.25, 0.3) is 0 Å². The first kappa shape index (κ1) is 24.2. The van der Waals surface area contributed by atoms with Crippen molar-refractivity contribution < 1.29 is 28.5 Å². The van der Waals surface area contributed by atoms with Gasteiger partial charge in [0.2, 0.25) is 5.69 Å². The molecule has 2 amide bonds. The molecule has 1 aromatic rings. The van der Waals surface area contributed by atoms with Crippen molar-refractivity contribution in [2.24, 2.45) is 5.92 Å². The SMILES string of the molecule is CCC/[N+](=C1\C=CC=C(OCCCC(=O)ON2C(=O)CCC2=O)C1C)c1ccccc1NC. The van der Waals surface area contributed by atoms with Gasteiger partial charge < -0.3 is 14.9 Å². The van der Waals surface area contributed by atoms with E-state index in [4.69, 9.17) is 9.57 Å². The van der Waals surface area contributed by atoms with Gasteiger partial charge in [-0.05, 0) is 25.5 Å². The Hall–Kier alpha value is -3.42. The summed E-state index contributed by atoms with van der Waals surface area (Å²) in [7, 11) is 1.92. The highest BCUT2D eigenvalue weighted by atomic mass is 16.7. The third-order valence-electron chi connectivity index (χ3n) is 5.61.